The van der Waals surface area contributed by atoms with Gasteiger partial charge in [-0.2, -0.15) is 0 Å². The van der Waals surface area contributed by atoms with Crippen molar-refractivity contribution < 1.29 is 4.79 Å². The third-order valence-corrected chi connectivity index (χ3v) is 4.12. The zero-order valence-electron chi connectivity index (χ0n) is 13.2. The van der Waals surface area contributed by atoms with Crippen LogP contribution in [0.3, 0.4) is 0 Å². The molecule has 2 aromatic rings. The van der Waals surface area contributed by atoms with Crippen LogP contribution in [0.25, 0.3) is 0 Å². The molecule has 22 heavy (non-hydrogen) atoms. The van der Waals surface area contributed by atoms with Crippen LogP contribution < -0.4 is 5.32 Å². The quantitative estimate of drug-likeness (QED) is 0.793. The maximum atomic E-state index is 12.0. The van der Waals surface area contributed by atoms with Crippen LogP contribution in [-0.4, -0.2) is 12.5 Å². The lowest BCUT2D eigenvalue weighted by Crippen LogP contribution is -2.26. The molecule has 0 radical (unpaired) electrons. The summed E-state index contributed by atoms with van der Waals surface area (Å²) >= 11 is 6.12. The molecule has 0 heterocycles. The van der Waals surface area contributed by atoms with Crippen LogP contribution >= 0.6 is 11.6 Å². The molecule has 2 nitrogen and oxygen atoms in total. The van der Waals surface area contributed by atoms with E-state index in [0.717, 1.165) is 29.0 Å². The lowest BCUT2D eigenvalue weighted by Gasteiger charge is -2.09. The van der Waals surface area contributed by atoms with Crippen LogP contribution in [0.1, 0.15) is 28.7 Å². The minimum absolute atomic E-state index is 0.0751. The second-order valence-corrected chi connectivity index (χ2v) is 6.06. The van der Waals surface area contributed by atoms with Crippen LogP contribution in [-0.2, 0) is 17.6 Å². The van der Waals surface area contributed by atoms with Crippen LogP contribution in [0.5, 0.6) is 0 Å². The van der Waals surface area contributed by atoms with Gasteiger partial charge in [0.25, 0.3) is 0 Å². The van der Waals surface area contributed by atoms with Gasteiger partial charge in [0.05, 0.1) is 6.42 Å². The Kier molecular flexibility index (Phi) is 6.02. The molecule has 0 saturated heterocycles. The topological polar surface area (TPSA) is 29.1 Å². The first-order valence-corrected chi connectivity index (χ1v) is 8.00. The van der Waals surface area contributed by atoms with Gasteiger partial charge >= 0.3 is 0 Å². The van der Waals surface area contributed by atoms with E-state index in [9.17, 15) is 4.79 Å². The standard InChI is InChI=1S/C19H22ClNO/c1-14-9-10-17(15(2)12-14)13-19(22)21-11-5-7-16-6-3-4-8-18(16)20/h3-4,6,8-10,12H,5,7,11,13H2,1-2H3,(H,21,22). The van der Waals surface area contributed by atoms with Gasteiger partial charge in [-0.1, -0.05) is 53.6 Å². The minimum Gasteiger partial charge on any atom is -0.356 e. The van der Waals surface area contributed by atoms with E-state index in [1.165, 1.54) is 11.1 Å². The smallest absolute Gasteiger partial charge is 0.224 e. The molecule has 1 N–H and O–H groups in total. The van der Waals surface area contributed by atoms with Crippen molar-refractivity contribution in [3.8, 4) is 0 Å². The van der Waals surface area contributed by atoms with Gasteiger partial charge in [-0.25, -0.2) is 0 Å². The first-order valence-electron chi connectivity index (χ1n) is 7.62. The van der Waals surface area contributed by atoms with Gasteiger partial charge in [-0.05, 0) is 49.4 Å². The zero-order chi connectivity index (χ0) is 15.9. The highest BCUT2D eigenvalue weighted by Crippen LogP contribution is 2.16. The largest absolute Gasteiger partial charge is 0.356 e. The molecular formula is C19H22ClNO. The van der Waals surface area contributed by atoms with Gasteiger partial charge < -0.3 is 5.32 Å². The first-order chi connectivity index (χ1) is 10.6. The van der Waals surface area contributed by atoms with Crippen LogP contribution in [0.4, 0.5) is 0 Å². The number of halogens is 1. The molecule has 0 bridgehead atoms. The summed E-state index contributed by atoms with van der Waals surface area (Å²) in [6.45, 7) is 4.79. The van der Waals surface area contributed by atoms with Crippen molar-refractivity contribution in [2.24, 2.45) is 0 Å². The Labute approximate surface area is 137 Å². The fraction of sp³-hybridized carbons (Fsp3) is 0.316. The Bertz CT molecular complexity index is 652. The molecule has 0 fully saturated rings. The summed E-state index contributed by atoms with van der Waals surface area (Å²) in [5.74, 6) is 0.0751. The van der Waals surface area contributed by atoms with Crippen LogP contribution in [0.2, 0.25) is 5.02 Å². The van der Waals surface area contributed by atoms with Crippen LogP contribution in [0, 0.1) is 13.8 Å². The molecule has 1 amide bonds. The predicted molar refractivity (Wildman–Crippen MR) is 92.4 cm³/mol. The van der Waals surface area contributed by atoms with Gasteiger partial charge in [0.2, 0.25) is 5.91 Å². The first kappa shape index (κ1) is 16.6. The van der Waals surface area contributed by atoms with Gasteiger partial charge in [-0.3, -0.25) is 4.79 Å². The number of aryl methyl sites for hydroxylation is 3. The summed E-state index contributed by atoms with van der Waals surface area (Å²) in [6, 6.07) is 14.0. The molecule has 0 unspecified atom stereocenters. The number of benzene rings is 2. The zero-order valence-corrected chi connectivity index (χ0v) is 13.9. The molecule has 0 atom stereocenters. The average molecular weight is 316 g/mol. The normalized spacial score (nSPS) is 10.5. The van der Waals surface area contributed by atoms with Gasteiger partial charge in [0, 0.05) is 11.6 Å². The highest BCUT2D eigenvalue weighted by atomic mass is 35.5. The molecule has 0 aromatic heterocycles. The Morgan fingerprint density at radius 1 is 1.09 bits per heavy atom. The summed E-state index contributed by atoms with van der Waals surface area (Å²) < 4.78 is 0. The van der Waals surface area contributed by atoms with Gasteiger partial charge in [0.15, 0.2) is 0 Å². The van der Waals surface area contributed by atoms with Crippen molar-refractivity contribution in [1.29, 1.82) is 0 Å². The van der Waals surface area contributed by atoms with Crippen molar-refractivity contribution in [1.82, 2.24) is 5.32 Å². The molecule has 2 aromatic carbocycles. The van der Waals surface area contributed by atoms with E-state index >= 15 is 0 Å². The van der Waals surface area contributed by atoms with E-state index in [4.69, 9.17) is 11.6 Å². The average Bonchev–Trinajstić information content (AvgIpc) is 2.48. The van der Waals surface area contributed by atoms with Crippen LogP contribution in [0.15, 0.2) is 42.5 Å². The molecule has 0 aliphatic heterocycles. The molecule has 0 spiro atoms. The van der Waals surface area contributed by atoms with E-state index in [-0.39, 0.29) is 5.91 Å². The molecule has 0 aliphatic rings. The predicted octanol–water partition coefficient (Wildman–Crippen LogP) is 4.25. The van der Waals surface area contributed by atoms with E-state index in [2.05, 4.69) is 18.3 Å². The maximum Gasteiger partial charge on any atom is 0.224 e. The molecule has 116 valence electrons. The lowest BCUT2D eigenvalue weighted by atomic mass is 10.0. The number of carbonyl (C=O) groups excluding carboxylic acids is 1. The van der Waals surface area contributed by atoms with Gasteiger partial charge in [0.1, 0.15) is 0 Å². The lowest BCUT2D eigenvalue weighted by molar-refractivity contribution is -0.120. The Morgan fingerprint density at radius 3 is 2.59 bits per heavy atom. The minimum atomic E-state index is 0.0751. The fourth-order valence-corrected chi connectivity index (χ4v) is 2.72. The number of rotatable bonds is 6. The second kappa shape index (κ2) is 8.00. The molecule has 0 aliphatic carbocycles. The molecule has 0 saturated carbocycles. The summed E-state index contributed by atoms with van der Waals surface area (Å²) in [5, 5.41) is 3.78. The highest BCUT2D eigenvalue weighted by molar-refractivity contribution is 6.31. The van der Waals surface area contributed by atoms with E-state index in [1.807, 2.05) is 43.3 Å². The van der Waals surface area contributed by atoms with E-state index in [1.54, 1.807) is 0 Å². The Balaban J connectivity index is 1.75. The fourth-order valence-electron chi connectivity index (χ4n) is 2.49. The number of hydrogen-bond acceptors (Lipinski definition) is 1. The molecular weight excluding hydrogens is 294 g/mol. The summed E-state index contributed by atoms with van der Waals surface area (Å²) in [4.78, 5) is 12.0. The van der Waals surface area contributed by atoms with E-state index < -0.39 is 0 Å². The summed E-state index contributed by atoms with van der Waals surface area (Å²) in [6.07, 6.45) is 2.21. The summed E-state index contributed by atoms with van der Waals surface area (Å²) in [7, 11) is 0. The van der Waals surface area contributed by atoms with Crippen molar-refractivity contribution in [2.75, 3.05) is 6.54 Å². The second-order valence-electron chi connectivity index (χ2n) is 5.65. The Hall–Kier alpha value is -1.80. The number of carbonyl (C=O) groups is 1. The van der Waals surface area contributed by atoms with Crippen molar-refractivity contribution in [3.63, 3.8) is 0 Å². The molecule has 3 heteroatoms. The third kappa shape index (κ3) is 4.88. The Morgan fingerprint density at radius 2 is 1.86 bits per heavy atom. The SMILES string of the molecule is Cc1ccc(CC(=O)NCCCc2ccccc2Cl)c(C)c1. The maximum absolute atomic E-state index is 12.0. The van der Waals surface area contributed by atoms with Crippen molar-refractivity contribution in [3.05, 3.63) is 69.7 Å². The summed E-state index contributed by atoms with van der Waals surface area (Å²) in [5.41, 5.74) is 4.62. The monoisotopic (exact) mass is 315 g/mol. The van der Waals surface area contributed by atoms with E-state index in [0.29, 0.717) is 13.0 Å². The number of nitrogens with one attached hydrogen (secondary N) is 1. The van der Waals surface area contributed by atoms with Gasteiger partial charge in [-0.15, -0.1) is 0 Å². The third-order valence-electron chi connectivity index (χ3n) is 3.75. The van der Waals surface area contributed by atoms with Crippen molar-refractivity contribution in [2.45, 2.75) is 33.1 Å². The number of amides is 1. The number of hydrogen-bond donors (Lipinski definition) is 1. The van der Waals surface area contributed by atoms with Crippen molar-refractivity contribution >= 4 is 17.5 Å². The highest BCUT2D eigenvalue weighted by Gasteiger charge is 2.06. The molecule has 2 rings (SSSR count).